The molecule has 1 fully saturated rings. The summed E-state index contributed by atoms with van der Waals surface area (Å²) in [5, 5.41) is 2.93. The van der Waals surface area contributed by atoms with Crippen molar-refractivity contribution in [2.45, 2.75) is 17.3 Å². The molecular weight excluding hydrogens is 133 g/mol. The molecule has 0 aromatic heterocycles. The first-order valence-corrected chi connectivity index (χ1v) is 3.09. The number of alkyl halides is 2. The summed E-state index contributed by atoms with van der Waals surface area (Å²) < 4.78 is -0.611. The Morgan fingerprint density at radius 1 is 1.43 bits per heavy atom. The second kappa shape index (κ2) is 1.81. The minimum atomic E-state index is -0.611. The molecule has 1 aliphatic rings. The summed E-state index contributed by atoms with van der Waals surface area (Å²) in [7, 11) is 0. The average Bonchev–Trinajstić information content (AvgIpc) is 1.84. The first-order valence-electron chi connectivity index (χ1n) is 2.34. The van der Waals surface area contributed by atoms with E-state index < -0.39 is 4.46 Å². The number of hydrogen-bond acceptors (Lipinski definition) is 1. The Morgan fingerprint density at radius 3 is 2.29 bits per heavy atom. The molecule has 0 amide bonds. The lowest BCUT2D eigenvalue weighted by Crippen LogP contribution is -2.25. The molecule has 42 valence electrons. The van der Waals surface area contributed by atoms with Gasteiger partial charge in [0.2, 0.25) is 0 Å². The first-order chi connectivity index (χ1) is 3.21. The van der Waals surface area contributed by atoms with Crippen LogP contribution in [0.3, 0.4) is 0 Å². The predicted octanol–water partition coefficient (Wildman–Crippen LogP) is 1.50. The van der Waals surface area contributed by atoms with Crippen LogP contribution in [0.5, 0.6) is 0 Å². The van der Waals surface area contributed by atoms with E-state index in [9.17, 15) is 0 Å². The lowest BCUT2D eigenvalue weighted by atomic mass is 10.4. The molecule has 0 bridgehead atoms. The smallest absolute Gasteiger partial charge is 0.168 e. The van der Waals surface area contributed by atoms with Crippen molar-refractivity contribution in [2.75, 3.05) is 6.54 Å². The fraction of sp³-hybridized carbons (Fsp3) is 1.00. The third-order valence-corrected chi connectivity index (χ3v) is 1.70. The molecule has 7 heavy (non-hydrogen) atoms. The molecule has 1 aliphatic heterocycles. The Bertz CT molecular complexity index is 64.1. The highest BCUT2D eigenvalue weighted by atomic mass is 35.5. The summed E-state index contributed by atoms with van der Waals surface area (Å²) in [6, 6.07) is 0. The van der Waals surface area contributed by atoms with Crippen molar-refractivity contribution in [3.05, 3.63) is 0 Å². The number of rotatable bonds is 0. The number of hydrogen-bond donors (Lipinski definition) is 1. The zero-order chi connectivity index (χ0) is 5.33. The van der Waals surface area contributed by atoms with Crippen LogP contribution < -0.4 is 5.32 Å². The zero-order valence-corrected chi connectivity index (χ0v) is 5.39. The first kappa shape index (κ1) is 5.67. The highest BCUT2D eigenvalue weighted by Crippen LogP contribution is 2.27. The maximum Gasteiger partial charge on any atom is 0.168 e. The van der Waals surface area contributed by atoms with Gasteiger partial charge in [-0.15, -0.1) is 0 Å². The molecule has 0 spiro atoms. The minimum Gasteiger partial charge on any atom is -0.286 e. The molecule has 1 nitrogen and oxygen atoms in total. The summed E-state index contributed by atoms with van der Waals surface area (Å²) >= 11 is 11.2. The van der Waals surface area contributed by atoms with Gasteiger partial charge in [-0.05, 0) is 19.4 Å². The SMILES string of the molecule is ClC1(Cl)CCCN1. The van der Waals surface area contributed by atoms with E-state index in [1.807, 2.05) is 0 Å². The van der Waals surface area contributed by atoms with Crippen LogP contribution >= 0.6 is 23.2 Å². The lowest BCUT2D eigenvalue weighted by molar-refractivity contribution is 0.727. The Kier molecular flexibility index (Phi) is 1.46. The van der Waals surface area contributed by atoms with Crippen molar-refractivity contribution < 1.29 is 0 Å². The molecule has 1 saturated heterocycles. The second-order valence-corrected chi connectivity index (χ2v) is 3.22. The third-order valence-electron chi connectivity index (χ3n) is 1.05. The summed E-state index contributed by atoms with van der Waals surface area (Å²) in [6.07, 6.45) is 1.96. The van der Waals surface area contributed by atoms with Crippen LogP contribution in [-0.4, -0.2) is 11.0 Å². The normalized spacial score (nSPS) is 28.3. The Morgan fingerprint density at radius 2 is 2.14 bits per heavy atom. The van der Waals surface area contributed by atoms with Crippen LogP contribution in [0.1, 0.15) is 12.8 Å². The summed E-state index contributed by atoms with van der Waals surface area (Å²) in [5.41, 5.74) is 0. The molecule has 0 radical (unpaired) electrons. The highest BCUT2D eigenvalue weighted by molar-refractivity contribution is 6.48. The van der Waals surface area contributed by atoms with Crippen molar-refractivity contribution in [1.29, 1.82) is 0 Å². The number of halogens is 2. The maximum absolute atomic E-state index is 5.62. The van der Waals surface area contributed by atoms with E-state index in [1.54, 1.807) is 0 Å². The summed E-state index contributed by atoms with van der Waals surface area (Å²) in [6.45, 7) is 0.951. The maximum atomic E-state index is 5.62. The Labute approximate surface area is 53.0 Å². The van der Waals surface area contributed by atoms with Gasteiger partial charge in [0, 0.05) is 0 Å². The molecule has 0 atom stereocenters. The standard InChI is InChI=1S/C4H7Cl2N/c5-4(6)2-1-3-7-4/h7H,1-3H2. The van der Waals surface area contributed by atoms with E-state index >= 15 is 0 Å². The van der Waals surface area contributed by atoms with Gasteiger partial charge in [-0.2, -0.15) is 0 Å². The average molecular weight is 140 g/mol. The van der Waals surface area contributed by atoms with Gasteiger partial charge in [0.05, 0.1) is 0 Å². The van der Waals surface area contributed by atoms with Crippen molar-refractivity contribution in [3.8, 4) is 0 Å². The second-order valence-electron chi connectivity index (χ2n) is 1.73. The molecule has 3 heteroatoms. The minimum absolute atomic E-state index is 0.611. The van der Waals surface area contributed by atoms with Crippen LogP contribution in [0.15, 0.2) is 0 Å². The molecule has 0 aromatic rings. The topological polar surface area (TPSA) is 12.0 Å². The van der Waals surface area contributed by atoms with Crippen molar-refractivity contribution in [1.82, 2.24) is 5.32 Å². The van der Waals surface area contributed by atoms with Crippen molar-refractivity contribution >= 4 is 23.2 Å². The lowest BCUT2D eigenvalue weighted by Gasteiger charge is -2.08. The van der Waals surface area contributed by atoms with Gasteiger partial charge in [0.1, 0.15) is 0 Å². The van der Waals surface area contributed by atoms with Crippen molar-refractivity contribution in [3.63, 3.8) is 0 Å². The van der Waals surface area contributed by atoms with E-state index in [2.05, 4.69) is 5.32 Å². The van der Waals surface area contributed by atoms with Crippen LogP contribution in [0.4, 0.5) is 0 Å². The van der Waals surface area contributed by atoms with Crippen LogP contribution in [0.25, 0.3) is 0 Å². The zero-order valence-electron chi connectivity index (χ0n) is 3.88. The Balaban J connectivity index is 2.40. The van der Waals surface area contributed by atoms with Gasteiger partial charge in [-0.25, -0.2) is 0 Å². The molecule has 0 saturated carbocycles. The molecule has 0 aliphatic carbocycles. The molecular formula is C4H7Cl2N. The van der Waals surface area contributed by atoms with Crippen LogP contribution in [0.2, 0.25) is 0 Å². The van der Waals surface area contributed by atoms with Gasteiger partial charge >= 0.3 is 0 Å². The molecule has 0 aromatic carbocycles. The van der Waals surface area contributed by atoms with Crippen molar-refractivity contribution in [2.24, 2.45) is 0 Å². The van der Waals surface area contributed by atoms with E-state index in [-0.39, 0.29) is 0 Å². The Hall–Kier alpha value is 0.540. The van der Waals surface area contributed by atoms with E-state index in [1.165, 1.54) is 0 Å². The van der Waals surface area contributed by atoms with Gasteiger partial charge < -0.3 is 0 Å². The van der Waals surface area contributed by atoms with Crippen LogP contribution in [-0.2, 0) is 0 Å². The molecule has 0 unspecified atom stereocenters. The van der Waals surface area contributed by atoms with E-state index in [0.717, 1.165) is 19.4 Å². The van der Waals surface area contributed by atoms with E-state index in [0.29, 0.717) is 0 Å². The molecule has 1 rings (SSSR count). The summed E-state index contributed by atoms with van der Waals surface area (Å²) in [5.74, 6) is 0. The van der Waals surface area contributed by atoms with Gasteiger partial charge in [-0.3, -0.25) is 5.32 Å². The fourth-order valence-corrected chi connectivity index (χ4v) is 1.13. The molecule has 1 N–H and O–H groups in total. The third kappa shape index (κ3) is 1.48. The van der Waals surface area contributed by atoms with Crippen LogP contribution in [0, 0.1) is 0 Å². The largest absolute Gasteiger partial charge is 0.286 e. The number of nitrogens with one attached hydrogen (secondary N) is 1. The van der Waals surface area contributed by atoms with Gasteiger partial charge in [0.15, 0.2) is 4.46 Å². The summed E-state index contributed by atoms with van der Waals surface area (Å²) in [4.78, 5) is 0. The predicted molar refractivity (Wildman–Crippen MR) is 31.7 cm³/mol. The van der Waals surface area contributed by atoms with Gasteiger partial charge in [0.25, 0.3) is 0 Å². The highest BCUT2D eigenvalue weighted by Gasteiger charge is 2.26. The fourth-order valence-electron chi connectivity index (χ4n) is 0.670. The monoisotopic (exact) mass is 139 g/mol. The van der Waals surface area contributed by atoms with E-state index in [4.69, 9.17) is 23.2 Å². The molecule has 1 heterocycles. The quantitative estimate of drug-likeness (QED) is 0.397. The van der Waals surface area contributed by atoms with Gasteiger partial charge in [-0.1, -0.05) is 23.2 Å².